The molecule has 0 bridgehead atoms. The molecule has 0 unspecified atom stereocenters. The quantitative estimate of drug-likeness (QED) is 0.668. The molecule has 0 spiro atoms. The van der Waals surface area contributed by atoms with Crippen LogP contribution in [0.4, 0.5) is 0 Å². The second-order valence-electron chi connectivity index (χ2n) is 0.781. The van der Waals surface area contributed by atoms with E-state index in [1.807, 2.05) is 0 Å². The van der Waals surface area contributed by atoms with Gasteiger partial charge in [0.15, 0.2) is 0 Å². The fourth-order valence-corrected chi connectivity index (χ4v) is 1.37. The Kier molecular flexibility index (Phi) is 35.3. The van der Waals surface area contributed by atoms with Crippen molar-refractivity contribution in [2.24, 2.45) is 0 Å². The van der Waals surface area contributed by atoms with Crippen LogP contribution in [0.2, 0.25) is 8.94 Å². The Morgan fingerprint density at radius 2 is 1.29 bits per heavy atom. The van der Waals surface area contributed by atoms with Gasteiger partial charge in [-0.25, -0.2) is 0 Å². The zero-order chi connectivity index (χ0) is 4.12. The Hall–Kier alpha value is 1.37. The maximum absolute atomic E-state index is 2.27. The first kappa shape index (κ1) is 15.8. The summed E-state index contributed by atoms with van der Waals surface area (Å²) in [5.74, 6) is 0. The molecular formula is C4H12Cl2Te. The zero-order valence-electron chi connectivity index (χ0n) is 4.64. The molecule has 0 heterocycles. The van der Waals surface area contributed by atoms with E-state index in [1.165, 1.54) is 8.94 Å². The van der Waals surface area contributed by atoms with Crippen molar-refractivity contribution in [3.8, 4) is 0 Å². The van der Waals surface area contributed by atoms with Crippen molar-refractivity contribution >= 4 is 45.7 Å². The predicted octanol–water partition coefficient (Wildman–Crippen LogP) is 2.41. The first-order chi connectivity index (χ1) is 2.41. The molecule has 0 fully saturated rings. The average Bonchev–Trinajstić information content (AvgIpc) is 1.41. The molecule has 0 aromatic heterocycles. The van der Waals surface area contributed by atoms with Crippen molar-refractivity contribution < 1.29 is 0 Å². The third-order valence-electron chi connectivity index (χ3n) is 0.408. The van der Waals surface area contributed by atoms with Crippen molar-refractivity contribution in [2.75, 3.05) is 0 Å². The normalized spacial score (nSPS) is 6.00. The summed E-state index contributed by atoms with van der Waals surface area (Å²) in [5.41, 5.74) is 0. The van der Waals surface area contributed by atoms with Crippen molar-refractivity contribution in [3.05, 3.63) is 0 Å². The van der Waals surface area contributed by atoms with Gasteiger partial charge in [-0.3, -0.25) is 0 Å². The van der Waals surface area contributed by atoms with Crippen LogP contribution in [0.1, 0.15) is 13.8 Å². The molecule has 0 aromatic carbocycles. The maximum atomic E-state index is 2.27. The van der Waals surface area contributed by atoms with Gasteiger partial charge in [0.1, 0.15) is 0 Å². The predicted molar refractivity (Wildman–Crippen MR) is 41.2 cm³/mol. The van der Waals surface area contributed by atoms with Crippen LogP contribution >= 0.6 is 24.8 Å². The monoisotopic (exact) mass is 260 g/mol. The van der Waals surface area contributed by atoms with Crippen LogP contribution < -0.4 is 0 Å². The topological polar surface area (TPSA) is 0 Å². The second kappa shape index (κ2) is 15.7. The SMILES string of the molecule is CC[Te]CC.Cl.Cl. The Morgan fingerprint density at radius 1 is 1.00 bits per heavy atom. The van der Waals surface area contributed by atoms with Crippen molar-refractivity contribution in [1.82, 2.24) is 0 Å². The van der Waals surface area contributed by atoms with Crippen LogP contribution in [0, 0.1) is 0 Å². The number of rotatable bonds is 2. The van der Waals surface area contributed by atoms with Crippen LogP contribution in [0.3, 0.4) is 0 Å². The molecule has 0 atom stereocenters. The third-order valence-corrected chi connectivity index (χ3v) is 2.74. The number of hydrogen-bond acceptors (Lipinski definition) is 0. The molecule has 0 aliphatic rings. The number of hydrogen-bond donors (Lipinski definition) is 0. The largest absolute Gasteiger partial charge is 0.147 e. The molecule has 0 saturated heterocycles. The van der Waals surface area contributed by atoms with Gasteiger partial charge in [-0.2, -0.15) is 0 Å². The Balaban J connectivity index is -0.0000000800. The van der Waals surface area contributed by atoms with Gasteiger partial charge in [0.05, 0.1) is 0 Å². The Labute approximate surface area is 68.3 Å². The molecule has 0 aliphatic heterocycles. The second-order valence-corrected chi connectivity index (χ2v) is 5.24. The van der Waals surface area contributed by atoms with E-state index in [1.54, 1.807) is 0 Å². The minimum absolute atomic E-state index is 0. The average molecular weight is 259 g/mol. The van der Waals surface area contributed by atoms with Crippen LogP contribution in [0.5, 0.6) is 0 Å². The van der Waals surface area contributed by atoms with Gasteiger partial charge < -0.3 is 0 Å². The zero-order valence-corrected chi connectivity index (χ0v) is 8.60. The minimum atomic E-state index is 0. The van der Waals surface area contributed by atoms with E-state index in [4.69, 9.17) is 0 Å². The van der Waals surface area contributed by atoms with E-state index in [0.717, 1.165) is 0 Å². The summed E-state index contributed by atoms with van der Waals surface area (Å²) in [5, 5.41) is 0. The fourth-order valence-electron chi connectivity index (χ4n) is 0.204. The van der Waals surface area contributed by atoms with Gasteiger partial charge in [0.2, 0.25) is 0 Å². The summed E-state index contributed by atoms with van der Waals surface area (Å²) in [6.07, 6.45) is 0. The molecule has 0 N–H and O–H groups in total. The molecule has 0 amide bonds. The molecule has 0 saturated carbocycles. The summed E-state index contributed by atoms with van der Waals surface area (Å²) >= 11 is 0.493. The van der Waals surface area contributed by atoms with Crippen molar-refractivity contribution in [1.29, 1.82) is 0 Å². The first-order valence-corrected chi connectivity index (χ1v) is 5.29. The van der Waals surface area contributed by atoms with Crippen molar-refractivity contribution in [3.63, 3.8) is 0 Å². The maximum Gasteiger partial charge on any atom is -0.147 e. The Morgan fingerprint density at radius 3 is 1.29 bits per heavy atom. The summed E-state index contributed by atoms with van der Waals surface area (Å²) in [7, 11) is 0. The first-order valence-electron chi connectivity index (χ1n) is 1.99. The molecule has 7 heavy (non-hydrogen) atoms. The molecule has 0 radical (unpaired) electrons. The molecule has 48 valence electrons. The van der Waals surface area contributed by atoms with E-state index in [2.05, 4.69) is 13.8 Å². The van der Waals surface area contributed by atoms with Gasteiger partial charge in [-0.1, -0.05) is 0 Å². The molecule has 0 rings (SSSR count). The van der Waals surface area contributed by atoms with Gasteiger partial charge in [-0.15, -0.1) is 24.8 Å². The van der Waals surface area contributed by atoms with Crippen LogP contribution in [-0.2, 0) is 0 Å². The van der Waals surface area contributed by atoms with Crippen molar-refractivity contribution in [2.45, 2.75) is 22.8 Å². The fraction of sp³-hybridized carbons (Fsp3) is 1.00. The smallest absolute Gasteiger partial charge is 0.147 e. The van der Waals surface area contributed by atoms with Crippen LogP contribution in [0.15, 0.2) is 0 Å². The van der Waals surface area contributed by atoms with Crippen LogP contribution in [0.25, 0.3) is 0 Å². The number of halogens is 2. The van der Waals surface area contributed by atoms with Gasteiger partial charge >= 0.3 is 43.7 Å². The van der Waals surface area contributed by atoms with E-state index in [0.29, 0.717) is 20.9 Å². The van der Waals surface area contributed by atoms with E-state index >= 15 is 0 Å². The minimum Gasteiger partial charge on any atom is -0.147 e. The summed E-state index contributed by atoms with van der Waals surface area (Å²) in [4.78, 5) is 0. The molecule has 0 aliphatic carbocycles. The van der Waals surface area contributed by atoms with Gasteiger partial charge in [0.25, 0.3) is 0 Å². The van der Waals surface area contributed by atoms with Gasteiger partial charge in [-0.05, 0) is 0 Å². The summed E-state index contributed by atoms with van der Waals surface area (Å²) < 4.78 is 2.95. The molecule has 0 nitrogen and oxygen atoms in total. The molecule has 3 heteroatoms. The third kappa shape index (κ3) is 18.7. The van der Waals surface area contributed by atoms with Gasteiger partial charge in [0, 0.05) is 0 Å². The molecular weight excluding hydrogens is 247 g/mol. The van der Waals surface area contributed by atoms with E-state index in [-0.39, 0.29) is 24.8 Å². The molecule has 0 aromatic rings. The summed E-state index contributed by atoms with van der Waals surface area (Å²) in [6, 6.07) is 0. The summed E-state index contributed by atoms with van der Waals surface area (Å²) in [6.45, 7) is 4.54. The van der Waals surface area contributed by atoms with E-state index < -0.39 is 0 Å². The van der Waals surface area contributed by atoms with E-state index in [9.17, 15) is 0 Å². The standard InChI is InChI=1S/C4H10Te.2ClH/c1-3-5-4-2;;/h3-4H2,1-2H3;2*1H. The van der Waals surface area contributed by atoms with Crippen LogP contribution in [-0.4, -0.2) is 20.9 Å². The Bertz CT molecular complexity index is 17.2.